The molecular formula is C25H25ClN2O4S. The smallest absolute Gasteiger partial charge is 0.268 e. The van der Waals surface area contributed by atoms with E-state index in [2.05, 4.69) is 0 Å². The summed E-state index contributed by atoms with van der Waals surface area (Å²) in [5.41, 5.74) is 2.99. The minimum Gasteiger partial charge on any atom is -0.495 e. The second-order valence-corrected chi connectivity index (χ2v) is 10.4. The van der Waals surface area contributed by atoms with Gasteiger partial charge in [-0.25, -0.2) is 8.42 Å². The molecule has 0 fully saturated rings. The number of amides is 1. The lowest BCUT2D eigenvalue weighted by Crippen LogP contribution is -2.45. The number of halogens is 1. The Bertz CT molecular complexity index is 1290. The molecule has 1 amide bonds. The number of benzene rings is 3. The van der Waals surface area contributed by atoms with Gasteiger partial charge in [0.05, 0.1) is 12.8 Å². The number of methoxy groups -OCH3 is 1. The molecule has 0 saturated heterocycles. The summed E-state index contributed by atoms with van der Waals surface area (Å²) >= 11 is 6.04. The predicted octanol–water partition coefficient (Wildman–Crippen LogP) is 4.83. The lowest BCUT2D eigenvalue weighted by atomic mass is 10.1. The summed E-state index contributed by atoms with van der Waals surface area (Å²) < 4.78 is 34.2. The number of sulfonamides is 1. The van der Waals surface area contributed by atoms with E-state index in [4.69, 9.17) is 16.3 Å². The molecule has 0 radical (unpaired) electrons. The van der Waals surface area contributed by atoms with Crippen molar-refractivity contribution in [2.75, 3.05) is 22.9 Å². The zero-order chi connectivity index (χ0) is 23.8. The van der Waals surface area contributed by atoms with Gasteiger partial charge in [-0.05, 0) is 73.9 Å². The van der Waals surface area contributed by atoms with E-state index in [-0.39, 0.29) is 29.1 Å². The molecule has 0 aromatic heterocycles. The van der Waals surface area contributed by atoms with E-state index >= 15 is 0 Å². The number of carbonyl (C=O) groups is 1. The van der Waals surface area contributed by atoms with Gasteiger partial charge in [0, 0.05) is 16.8 Å². The summed E-state index contributed by atoms with van der Waals surface area (Å²) in [5.74, 6) is -0.0931. The zero-order valence-electron chi connectivity index (χ0n) is 18.7. The van der Waals surface area contributed by atoms with Gasteiger partial charge in [-0.2, -0.15) is 0 Å². The maximum atomic E-state index is 13.9. The van der Waals surface area contributed by atoms with E-state index in [1.54, 1.807) is 54.3 Å². The van der Waals surface area contributed by atoms with E-state index in [9.17, 15) is 13.2 Å². The first-order valence-electron chi connectivity index (χ1n) is 10.6. The number of hydrogen-bond acceptors (Lipinski definition) is 4. The molecule has 3 aromatic rings. The fourth-order valence-corrected chi connectivity index (χ4v) is 5.95. The fraction of sp³-hybridized carbons (Fsp3) is 0.240. The zero-order valence-corrected chi connectivity index (χ0v) is 20.2. The van der Waals surface area contributed by atoms with Gasteiger partial charge in [0.2, 0.25) is 5.91 Å². The van der Waals surface area contributed by atoms with Gasteiger partial charge in [-0.3, -0.25) is 9.10 Å². The molecule has 1 unspecified atom stereocenters. The summed E-state index contributed by atoms with van der Waals surface area (Å²) in [5, 5.41) is 0.470. The summed E-state index contributed by atoms with van der Waals surface area (Å²) in [6.45, 7) is 3.40. The Balaban J connectivity index is 1.78. The molecule has 0 aliphatic carbocycles. The predicted molar refractivity (Wildman–Crippen MR) is 131 cm³/mol. The largest absolute Gasteiger partial charge is 0.495 e. The Morgan fingerprint density at radius 3 is 2.52 bits per heavy atom. The first kappa shape index (κ1) is 23.1. The second-order valence-electron chi connectivity index (χ2n) is 8.09. The molecule has 33 heavy (non-hydrogen) atoms. The second kappa shape index (κ2) is 9.08. The molecule has 1 atom stereocenters. The fourth-order valence-electron chi connectivity index (χ4n) is 4.17. The molecule has 1 aliphatic rings. The molecule has 4 rings (SSSR count). The van der Waals surface area contributed by atoms with E-state index in [1.807, 2.05) is 31.2 Å². The Labute approximate surface area is 199 Å². The van der Waals surface area contributed by atoms with Gasteiger partial charge in [0.1, 0.15) is 17.2 Å². The molecule has 0 bridgehead atoms. The van der Waals surface area contributed by atoms with Crippen LogP contribution in [0.2, 0.25) is 5.02 Å². The number of nitrogens with zero attached hydrogens (tertiary/aromatic N) is 2. The van der Waals surface area contributed by atoms with Crippen LogP contribution < -0.4 is 13.9 Å². The Morgan fingerprint density at radius 1 is 1.12 bits per heavy atom. The van der Waals surface area contributed by atoms with Crippen LogP contribution in [0.25, 0.3) is 0 Å². The van der Waals surface area contributed by atoms with Crippen molar-refractivity contribution in [3.63, 3.8) is 0 Å². The number of ether oxygens (including phenoxy) is 1. The van der Waals surface area contributed by atoms with Crippen molar-refractivity contribution in [3.8, 4) is 5.75 Å². The van der Waals surface area contributed by atoms with Gasteiger partial charge < -0.3 is 9.64 Å². The summed E-state index contributed by atoms with van der Waals surface area (Å²) in [6.07, 6.45) is 0.724. The lowest BCUT2D eigenvalue weighted by molar-refractivity contribution is -0.117. The average Bonchev–Trinajstić information content (AvgIpc) is 3.13. The minimum atomic E-state index is -4.13. The Morgan fingerprint density at radius 2 is 1.82 bits per heavy atom. The van der Waals surface area contributed by atoms with Crippen molar-refractivity contribution in [3.05, 3.63) is 82.9 Å². The molecule has 8 heteroatoms. The highest BCUT2D eigenvalue weighted by molar-refractivity contribution is 7.93. The molecular weight excluding hydrogens is 460 g/mol. The number of rotatable bonds is 6. The van der Waals surface area contributed by atoms with Crippen LogP contribution in [0, 0.1) is 6.92 Å². The molecule has 0 spiro atoms. The van der Waals surface area contributed by atoms with E-state index in [0.29, 0.717) is 10.7 Å². The van der Waals surface area contributed by atoms with Crippen molar-refractivity contribution in [1.29, 1.82) is 0 Å². The number of hydrogen-bond donors (Lipinski definition) is 0. The molecule has 172 valence electrons. The topological polar surface area (TPSA) is 66.9 Å². The third kappa shape index (κ3) is 4.43. The third-order valence-corrected chi connectivity index (χ3v) is 7.80. The number of anilines is 2. The third-order valence-electron chi connectivity index (χ3n) is 5.76. The van der Waals surface area contributed by atoms with Crippen molar-refractivity contribution in [1.82, 2.24) is 0 Å². The van der Waals surface area contributed by atoms with Crippen molar-refractivity contribution >= 4 is 38.9 Å². The van der Waals surface area contributed by atoms with Crippen LogP contribution in [0.4, 0.5) is 11.4 Å². The molecule has 6 nitrogen and oxygen atoms in total. The first-order valence-corrected chi connectivity index (χ1v) is 12.4. The highest BCUT2D eigenvalue weighted by Gasteiger charge is 2.35. The highest BCUT2D eigenvalue weighted by atomic mass is 35.5. The first-order chi connectivity index (χ1) is 15.7. The summed E-state index contributed by atoms with van der Waals surface area (Å²) in [6, 6.07) is 19.0. The average molecular weight is 485 g/mol. The maximum Gasteiger partial charge on any atom is 0.268 e. The highest BCUT2D eigenvalue weighted by Crippen LogP contribution is 2.34. The van der Waals surface area contributed by atoms with Gasteiger partial charge in [0.25, 0.3) is 10.0 Å². The van der Waals surface area contributed by atoms with E-state index in [1.165, 1.54) is 7.11 Å². The van der Waals surface area contributed by atoms with Crippen LogP contribution in [0.15, 0.2) is 71.6 Å². The Kier molecular flexibility index (Phi) is 6.36. The van der Waals surface area contributed by atoms with Crippen LogP contribution in [0.5, 0.6) is 5.75 Å². The molecule has 3 aromatic carbocycles. The lowest BCUT2D eigenvalue weighted by Gasteiger charge is -2.29. The maximum absolute atomic E-state index is 13.9. The Hall–Kier alpha value is -3.03. The standard InChI is InChI=1S/C25H25ClN2O4S/c1-17-8-13-23(32-3)24(14-17)33(30,31)27(21-11-9-20(26)10-12-21)16-25(29)28-18(2)15-19-6-4-5-7-22(19)28/h4-14,18H,15-16H2,1-3H3. The van der Waals surface area contributed by atoms with Gasteiger partial charge >= 0.3 is 0 Å². The van der Waals surface area contributed by atoms with E-state index < -0.39 is 10.0 Å². The number of fused-ring (bicyclic) bond motifs is 1. The van der Waals surface area contributed by atoms with Crippen LogP contribution >= 0.6 is 11.6 Å². The summed E-state index contributed by atoms with van der Waals surface area (Å²) in [4.78, 5) is 15.2. The van der Waals surface area contributed by atoms with Crippen molar-refractivity contribution in [2.45, 2.75) is 31.2 Å². The van der Waals surface area contributed by atoms with Crippen LogP contribution in [-0.2, 0) is 21.2 Å². The molecule has 0 N–H and O–H groups in total. The van der Waals surface area contributed by atoms with Crippen LogP contribution in [-0.4, -0.2) is 34.0 Å². The SMILES string of the molecule is COc1ccc(C)cc1S(=O)(=O)N(CC(=O)N1c2ccccc2CC1C)c1ccc(Cl)cc1. The van der Waals surface area contributed by atoms with Crippen molar-refractivity contribution < 1.29 is 17.9 Å². The van der Waals surface area contributed by atoms with Crippen LogP contribution in [0.3, 0.4) is 0 Å². The number of carbonyl (C=O) groups excluding carboxylic acids is 1. The quantitative estimate of drug-likeness (QED) is 0.502. The monoisotopic (exact) mass is 484 g/mol. The van der Waals surface area contributed by atoms with Crippen molar-refractivity contribution in [2.24, 2.45) is 0 Å². The molecule has 0 saturated carbocycles. The molecule has 1 heterocycles. The van der Waals surface area contributed by atoms with Gasteiger partial charge in [0.15, 0.2) is 0 Å². The summed E-state index contributed by atoms with van der Waals surface area (Å²) in [7, 11) is -2.71. The van der Waals surface area contributed by atoms with Gasteiger partial charge in [-0.1, -0.05) is 35.9 Å². The van der Waals surface area contributed by atoms with Crippen LogP contribution in [0.1, 0.15) is 18.1 Å². The van der Waals surface area contributed by atoms with Gasteiger partial charge in [-0.15, -0.1) is 0 Å². The minimum absolute atomic E-state index is 0.00243. The normalized spacial score (nSPS) is 15.3. The number of aryl methyl sites for hydroxylation is 1. The number of para-hydroxylation sites is 1. The van der Waals surface area contributed by atoms with E-state index in [0.717, 1.165) is 27.5 Å². The molecule has 1 aliphatic heterocycles.